The average molecular weight is 323 g/mol. The molecule has 0 saturated carbocycles. The van der Waals surface area contributed by atoms with E-state index < -0.39 is 12.1 Å². The first-order valence-electron chi connectivity index (χ1n) is 8.02. The summed E-state index contributed by atoms with van der Waals surface area (Å²) in [6.07, 6.45) is 1.94. The zero-order valence-corrected chi connectivity index (χ0v) is 14.4. The second kappa shape index (κ2) is 7.88. The van der Waals surface area contributed by atoms with Gasteiger partial charge in [-0.3, -0.25) is 4.99 Å². The van der Waals surface area contributed by atoms with Gasteiger partial charge in [0.2, 0.25) is 0 Å². The van der Waals surface area contributed by atoms with E-state index in [1.807, 2.05) is 51.1 Å². The predicted octanol–water partition coefficient (Wildman–Crippen LogP) is 3.82. The number of rotatable bonds is 5. The highest BCUT2D eigenvalue weighted by molar-refractivity contribution is 5.70. The van der Waals surface area contributed by atoms with Crippen LogP contribution in [0.25, 0.3) is 11.1 Å². The molecule has 0 spiro atoms. The van der Waals surface area contributed by atoms with Crippen LogP contribution in [-0.4, -0.2) is 23.9 Å². The molecule has 0 radical (unpaired) electrons. The molecular formula is C20H25N3O. The SMILES string of the molecule is CC(C)(C)C(O)C(N=CN=CN)c1ccc(-c2ccccc2)cc1. The van der Waals surface area contributed by atoms with Crippen molar-refractivity contribution in [2.75, 3.05) is 0 Å². The number of benzene rings is 2. The summed E-state index contributed by atoms with van der Waals surface area (Å²) in [5.74, 6) is 0. The van der Waals surface area contributed by atoms with Crippen molar-refractivity contribution in [3.63, 3.8) is 0 Å². The van der Waals surface area contributed by atoms with Gasteiger partial charge in [-0.1, -0.05) is 75.4 Å². The summed E-state index contributed by atoms with van der Waals surface area (Å²) in [7, 11) is 0. The molecule has 0 fully saturated rings. The first-order valence-corrected chi connectivity index (χ1v) is 8.02. The number of hydrogen-bond acceptors (Lipinski definition) is 2. The molecule has 24 heavy (non-hydrogen) atoms. The van der Waals surface area contributed by atoms with Crippen LogP contribution in [0.15, 0.2) is 64.6 Å². The van der Waals surface area contributed by atoms with Gasteiger partial charge in [-0.15, -0.1) is 0 Å². The minimum Gasteiger partial charge on any atom is -0.390 e. The van der Waals surface area contributed by atoms with Crippen molar-refractivity contribution in [3.05, 3.63) is 60.2 Å². The Morgan fingerprint density at radius 1 is 0.958 bits per heavy atom. The molecule has 2 unspecified atom stereocenters. The fraction of sp³-hybridized carbons (Fsp3) is 0.300. The monoisotopic (exact) mass is 323 g/mol. The van der Waals surface area contributed by atoms with Crippen LogP contribution in [0, 0.1) is 5.41 Å². The minimum atomic E-state index is -0.635. The largest absolute Gasteiger partial charge is 0.390 e. The highest BCUT2D eigenvalue weighted by Gasteiger charge is 2.31. The van der Waals surface area contributed by atoms with E-state index in [4.69, 9.17) is 5.73 Å². The molecule has 0 aliphatic rings. The van der Waals surface area contributed by atoms with Gasteiger partial charge in [0.1, 0.15) is 12.4 Å². The molecule has 0 aromatic heterocycles. The summed E-state index contributed by atoms with van der Waals surface area (Å²) in [6.45, 7) is 5.97. The molecule has 0 heterocycles. The van der Waals surface area contributed by atoms with Crippen LogP contribution in [0.5, 0.6) is 0 Å². The molecule has 0 bridgehead atoms. The molecule has 2 aromatic carbocycles. The van der Waals surface area contributed by atoms with Gasteiger partial charge >= 0.3 is 0 Å². The Kier molecular flexibility index (Phi) is 5.88. The third kappa shape index (κ3) is 4.52. The van der Waals surface area contributed by atoms with E-state index in [1.165, 1.54) is 12.7 Å². The Hall–Kier alpha value is -2.46. The highest BCUT2D eigenvalue weighted by Crippen LogP contribution is 2.33. The number of nitrogens with zero attached hydrogens (tertiary/aromatic N) is 2. The Balaban J connectivity index is 2.32. The maximum atomic E-state index is 10.7. The van der Waals surface area contributed by atoms with E-state index in [-0.39, 0.29) is 5.41 Å². The van der Waals surface area contributed by atoms with Gasteiger partial charge in [-0.05, 0) is 22.1 Å². The zero-order chi connectivity index (χ0) is 17.6. The molecule has 2 atom stereocenters. The molecule has 2 rings (SSSR count). The summed E-state index contributed by atoms with van der Waals surface area (Å²) >= 11 is 0. The Morgan fingerprint density at radius 2 is 1.54 bits per heavy atom. The summed E-state index contributed by atoms with van der Waals surface area (Å²) < 4.78 is 0. The minimum absolute atomic E-state index is 0.299. The van der Waals surface area contributed by atoms with Gasteiger partial charge in [-0.2, -0.15) is 0 Å². The molecule has 0 amide bonds. The van der Waals surface area contributed by atoms with Crippen molar-refractivity contribution in [2.45, 2.75) is 32.9 Å². The van der Waals surface area contributed by atoms with Crippen molar-refractivity contribution >= 4 is 12.7 Å². The lowest BCUT2D eigenvalue weighted by Crippen LogP contribution is -2.31. The second-order valence-electron chi connectivity index (χ2n) is 6.81. The summed E-state index contributed by atoms with van der Waals surface area (Å²) in [6, 6.07) is 17.9. The Morgan fingerprint density at radius 3 is 2.08 bits per heavy atom. The normalized spacial score (nSPS) is 15.0. The van der Waals surface area contributed by atoms with Gasteiger partial charge in [0.25, 0.3) is 0 Å². The Labute approximate surface area is 143 Å². The number of aliphatic imine (C=N–C) groups is 2. The molecule has 4 heteroatoms. The van der Waals surface area contributed by atoms with Gasteiger partial charge in [0.15, 0.2) is 0 Å². The quantitative estimate of drug-likeness (QED) is 0.648. The molecule has 2 aromatic rings. The van der Waals surface area contributed by atoms with Crippen molar-refractivity contribution in [3.8, 4) is 11.1 Å². The fourth-order valence-electron chi connectivity index (χ4n) is 2.48. The topological polar surface area (TPSA) is 71.0 Å². The third-order valence-electron chi connectivity index (χ3n) is 3.93. The third-order valence-corrected chi connectivity index (χ3v) is 3.93. The van der Waals surface area contributed by atoms with E-state index in [1.54, 1.807) is 0 Å². The maximum absolute atomic E-state index is 10.7. The molecular weight excluding hydrogens is 298 g/mol. The summed E-state index contributed by atoms with van der Waals surface area (Å²) in [5.41, 5.74) is 8.19. The fourth-order valence-corrected chi connectivity index (χ4v) is 2.48. The Bertz CT molecular complexity index is 685. The maximum Gasteiger partial charge on any atom is 0.112 e. The van der Waals surface area contributed by atoms with E-state index in [0.717, 1.165) is 16.7 Å². The molecule has 126 valence electrons. The molecule has 0 aliphatic carbocycles. The average Bonchev–Trinajstić information content (AvgIpc) is 2.58. The number of aliphatic hydroxyl groups is 1. The van der Waals surface area contributed by atoms with Crippen LogP contribution in [0.4, 0.5) is 0 Å². The first-order chi connectivity index (χ1) is 11.4. The van der Waals surface area contributed by atoms with Crippen molar-refractivity contribution in [2.24, 2.45) is 21.1 Å². The second-order valence-corrected chi connectivity index (χ2v) is 6.81. The highest BCUT2D eigenvalue weighted by atomic mass is 16.3. The van der Waals surface area contributed by atoms with Gasteiger partial charge in [-0.25, -0.2) is 4.99 Å². The van der Waals surface area contributed by atoms with Crippen LogP contribution in [0.3, 0.4) is 0 Å². The zero-order valence-electron chi connectivity index (χ0n) is 14.4. The first kappa shape index (κ1) is 17.9. The number of nitrogens with two attached hydrogens (primary N) is 1. The predicted molar refractivity (Wildman–Crippen MR) is 101 cm³/mol. The molecule has 0 saturated heterocycles. The summed E-state index contributed by atoms with van der Waals surface area (Å²) in [4.78, 5) is 8.22. The van der Waals surface area contributed by atoms with Crippen LogP contribution in [0.1, 0.15) is 32.4 Å². The lowest BCUT2D eigenvalue weighted by atomic mass is 9.82. The smallest absolute Gasteiger partial charge is 0.112 e. The van der Waals surface area contributed by atoms with Crippen LogP contribution < -0.4 is 5.73 Å². The van der Waals surface area contributed by atoms with Crippen molar-refractivity contribution < 1.29 is 5.11 Å². The summed E-state index contributed by atoms with van der Waals surface area (Å²) in [5, 5.41) is 10.7. The van der Waals surface area contributed by atoms with Gasteiger partial charge < -0.3 is 10.8 Å². The van der Waals surface area contributed by atoms with Gasteiger partial charge in [0.05, 0.1) is 12.4 Å². The van der Waals surface area contributed by atoms with Crippen LogP contribution in [-0.2, 0) is 0 Å². The van der Waals surface area contributed by atoms with Crippen LogP contribution >= 0.6 is 0 Å². The van der Waals surface area contributed by atoms with Crippen LogP contribution in [0.2, 0.25) is 0 Å². The van der Waals surface area contributed by atoms with E-state index in [0.29, 0.717) is 0 Å². The lowest BCUT2D eigenvalue weighted by Gasteiger charge is -2.31. The standard InChI is InChI=1S/C20H25N3O/c1-20(2,3)19(24)18(23-14-22-13-21)17-11-9-16(10-12-17)15-7-5-4-6-8-15/h4-14,18-19,24H,1-3H3,(H2,21,22,23). The molecule has 4 nitrogen and oxygen atoms in total. The number of hydrogen-bond donors (Lipinski definition) is 2. The van der Waals surface area contributed by atoms with Crippen molar-refractivity contribution in [1.82, 2.24) is 0 Å². The molecule has 0 aliphatic heterocycles. The van der Waals surface area contributed by atoms with Crippen molar-refractivity contribution in [1.29, 1.82) is 0 Å². The van der Waals surface area contributed by atoms with E-state index in [9.17, 15) is 5.11 Å². The lowest BCUT2D eigenvalue weighted by molar-refractivity contribution is 0.0409. The molecule has 3 N–H and O–H groups in total. The van der Waals surface area contributed by atoms with E-state index in [2.05, 4.69) is 34.3 Å². The van der Waals surface area contributed by atoms with Gasteiger partial charge in [0, 0.05) is 0 Å². The van der Waals surface area contributed by atoms with E-state index >= 15 is 0 Å². The number of aliphatic hydroxyl groups excluding tert-OH is 1.